The maximum absolute atomic E-state index is 10.8. The molecule has 1 aliphatic rings. The molecule has 2 atom stereocenters. The van der Waals surface area contributed by atoms with Crippen LogP contribution in [0.1, 0.15) is 24.8 Å². The normalized spacial score (nSPS) is 22.5. The maximum Gasteiger partial charge on any atom is 0.123 e. The van der Waals surface area contributed by atoms with Gasteiger partial charge < -0.3 is 10.8 Å². The van der Waals surface area contributed by atoms with Gasteiger partial charge >= 0.3 is 0 Å². The summed E-state index contributed by atoms with van der Waals surface area (Å²) in [6, 6.07) is 15.4. The number of rotatable bonds is 7. The van der Waals surface area contributed by atoms with E-state index in [0.717, 1.165) is 51.9 Å². The molecule has 4 heteroatoms. The van der Waals surface area contributed by atoms with Crippen molar-refractivity contribution < 1.29 is 5.11 Å². The number of aliphatic hydroxyl groups is 1. The van der Waals surface area contributed by atoms with Gasteiger partial charge in [-0.15, -0.1) is 0 Å². The molecular weight excluding hydrogens is 310 g/mol. The van der Waals surface area contributed by atoms with Crippen molar-refractivity contribution in [2.75, 3.05) is 33.2 Å². The van der Waals surface area contributed by atoms with Crippen LogP contribution in [0.3, 0.4) is 0 Å². The summed E-state index contributed by atoms with van der Waals surface area (Å²) in [4.78, 5) is 4.54. The molecule has 0 aliphatic carbocycles. The molecule has 0 bridgehead atoms. The molecule has 2 aromatic rings. The standard InChI is InChI=1S/C21H31N3O/c1-23-14-15-24(21(25)20(23)8-4-5-12-22)13-11-17-9-10-18-6-2-3-7-19(18)16-17/h2-3,6-7,9-10,16,20-21,25H,4-5,8,11-15,22H2,1H3/t20-,21+/m0/s1. The van der Waals surface area contributed by atoms with E-state index in [1.165, 1.54) is 16.3 Å². The molecule has 0 aromatic heterocycles. The fraction of sp³-hybridized carbons (Fsp3) is 0.524. The molecule has 1 aliphatic heterocycles. The van der Waals surface area contributed by atoms with E-state index in [2.05, 4.69) is 59.3 Å². The predicted octanol–water partition coefficient (Wildman–Crippen LogP) is 2.45. The van der Waals surface area contributed by atoms with Crippen molar-refractivity contribution in [2.45, 2.75) is 38.0 Å². The van der Waals surface area contributed by atoms with Gasteiger partial charge in [-0.25, -0.2) is 0 Å². The SMILES string of the molecule is CN1CCN(CCc2ccc3ccccc3c2)[C@H](O)[C@@H]1CCCCN. The summed E-state index contributed by atoms with van der Waals surface area (Å²) in [7, 11) is 2.12. The number of piperazine rings is 1. The van der Waals surface area contributed by atoms with E-state index in [-0.39, 0.29) is 12.3 Å². The Morgan fingerprint density at radius 1 is 1.08 bits per heavy atom. The number of nitrogens with zero attached hydrogens (tertiary/aromatic N) is 2. The average Bonchev–Trinajstić information content (AvgIpc) is 2.63. The highest BCUT2D eigenvalue weighted by Gasteiger charge is 2.32. The Morgan fingerprint density at radius 3 is 2.68 bits per heavy atom. The van der Waals surface area contributed by atoms with Gasteiger partial charge in [-0.05, 0) is 49.2 Å². The molecule has 0 amide bonds. The lowest BCUT2D eigenvalue weighted by Gasteiger charge is -2.44. The average molecular weight is 341 g/mol. The molecule has 3 N–H and O–H groups in total. The first-order valence-corrected chi connectivity index (χ1v) is 9.49. The molecule has 1 fully saturated rings. The summed E-state index contributed by atoms with van der Waals surface area (Å²) in [5.74, 6) is 0. The molecule has 0 radical (unpaired) electrons. The van der Waals surface area contributed by atoms with Crippen LogP contribution in [0.25, 0.3) is 10.8 Å². The predicted molar refractivity (Wildman–Crippen MR) is 105 cm³/mol. The first-order valence-electron chi connectivity index (χ1n) is 9.49. The fourth-order valence-electron chi connectivity index (χ4n) is 3.83. The zero-order valence-electron chi connectivity index (χ0n) is 15.3. The Morgan fingerprint density at radius 2 is 1.88 bits per heavy atom. The number of fused-ring (bicyclic) bond motifs is 1. The van der Waals surface area contributed by atoms with Gasteiger partial charge in [0, 0.05) is 25.7 Å². The molecule has 1 saturated heterocycles. The third kappa shape index (κ3) is 4.59. The lowest BCUT2D eigenvalue weighted by Crippen LogP contribution is -2.58. The van der Waals surface area contributed by atoms with Crippen molar-refractivity contribution in [3.8, 4) is 0 Å². The second-order valence-corrected chi connectivity index (χ2v) is 7.21. The summed E-state index contributed by atoms with van der Waals surface area (Å²) in [6.45, 7) is 3.58. The zero-order valence-corrected chi connectivity index (χ0v) is 15.3. The van der Waals surface area contributed by atoms with Crippen molar-refractivity contribution >= 4 is 10.8 Å². The minimum atomic E-state index is -0.378. The van der Waals surface area contributed by atoms with E-state index in [1.54, 1.807) is 0 Å². The molecule has 1 heterocycles. The summed E-state index contributed by atoms with van der Waals surface area (Å²) >= 11 is 0. The Balaban J connectivity index is 1.59. The summed E-state index contributed by atoms with van der Waals surface area (Å²) in [5, 5.41) is 13.4. The first kappa shape index (κ1) is 18.3. The highest BCUT2D eigenvalue weighted by Crippen LogP contribution is 2.21. The number of hydrogen-bond acceptors (Lipinski definition) is 4. The summed E-state index contributed by atoms with van der Waals surface area (Å²) < 4.78 is 0. The second-order valence-electron chi connectivity index (χ2n) is 7.21. The number of hydrogen-bond donors (Lipinski definition) is 2. The van der Waals surface area contributed by atoms with Crippen LogP contribution >= 0.6 is 0 Å². The minimum absolute atomic E-state index is 0.219. The van der Waals surface area contributed by atoms with Gasteiger partial charge in [0.15, 0.2) is 0 Å². The minimum Gasteiger partial charge on any atom is -0.377 e. The zero-order chi connectivity index (χ0) is 17.6. The van der Waals surface area contributed by atoms with Crippen LogP contribution in [-0.4, -0.2) is 60.4 Å². The summed E-state index contributed by atoms with van der Waals surface area (Å²) in [5.41, 5.74) is 6.94. The number of aliphatic hydroxyl groups excluding tert-OH is 1. The first-order chi connectivity index (χ1) is 12.2. The molecule has 25 heavy (non-hydrogen) atoms. The van der Waals surface area contributed by atoms with Crippen molar-refractivity contribution in [3.05, 3.63) is 48.0 Å². The highest BCUT2D eigenvalue weighted by molar-refractivity contribution is 5.82. The van der Waals surface area contributed by atoms with Crippen LogP contribution in [0.15, 0.2) is 42.5 Å². The largest absolute Gasteiger partial charge is 0.377 e. The summed E-state index contributed by atoms with van der Waals surface area (Å²) in [6.07, 6.45) is 3.73. The molecule has 0 spiro atoms. The molecule has 2 aromatic carbocycles. The fourth-order valence-corrected chi connectivity index (χ4v) is 3.83. The number of nitrogens with two attached hydrogens (primary N) is 1. The van der Waals surface area contributed by atoms with E-state index in [9.17, 15) is 5.11 Å². The lowest BCUT2D eigenvalue weighted by atomic mass is 10.0. The van der Waals surface area contributed by atoms with Crippen LogP contribution in [0, 0.1) is 0 Å². The molecular formula is C21H31N3O. The van der Waals surface area contributed by atoms with E-state index in [4.69, 9.17) is 5.73 Å². The molecule has 4 nitrogen and oxygen atoms in total. The topological polar surface area (TPSA) is 52.7 Å². The van der Waals surface area contributed by atoms with Crippen molar-refractivity contribution in [3.63, 3.8) is 0 Å². The highest BCUT2D eigenvalue weighted by atomic mass is 16.3. The smallest absolute Gasteiger partial charge is 0.123 e. The van der Waals surface area contributed by atoms with Crippen LogP contribution < -0.4 is 5.73 Å². The van der Waals surface area contributed by atoms with Crippen LogP contribution in [0.4, 0.5) is 0 Å². The van der Waals surface area contributed by atoms with Gasteiger partial charge in [0.2, 0.25) is 0 Å². The molecule has 0 unspecified atom stereocenters. The number of unbranched alkanes of at least 4 members (excludes halogenated alkanes) is 1. The van der Waals surface area contributed by atoms with Gasteiger partial charge in [0.25, 0.3) is 0 Å². The van der Waals surface area contributed by atoms with Crippen molar-refractivity contribution in [1.82, 2.24) is 9.80 Å². The second kappa shape index (κ2) is 8.77. The Labute approximate surface area is 151 Å². The van der Waals surface area contributed by atoms with E-state index in [1.807, 2.05) is 0 Å². The van der Waals surface area contributed by atoms with Gasteiger partial charge in [-0.2, -0.15) is 0 Å². The third-order valence-electron chi connectivity index (χ3n) is 5.48. The van der Waals surface area contributed by atoms with E-state index in [0.29, 0.717) is 0 Å². The van der Waals surface area contributed by atoms with Gasteiger partial charge in [-0.3, -0.25) is 9.80 Å². The van der Waals surface area contributed by atoms with Crippen LogP contribution in [0.5, 0.6) is 0 Å². The molecule has 0 saturated carbocycles. The lowest BCUT2D eigenvalue weighted by molar-refractivity contribution is -0.0918. The van der Waals surface area contributed by atoms with Crippen LogP contribution in [-0.2, 0) is 6.42 Å². The molecule has 136 valence electrons. The maximum atomic E-state index is 10.8. The molecule has 3 rings (SSSR count). The number of likely N-dealkylation sites (N-methyl/N-ethyl adjacent to an activating group) is 1. The van der Waals surface area contributed by atoms with Gasteiger partial charge in [0.1, 0.15) is 6.23 Å². The van der Waals surface area contributed by atoms with Gasteiger partial charge in [0.05, 0.1) is 0 Å². The van der Waals surface area contributed by atoms with E-state index >= 15 is 0 Å². The Kier molecular flexibility index (Phi) is 6.43. The quantitative estimate of drug-likeness (QED) is 0.760. The van der Waals surface area contributed by atoms with Crippen LogP contribution in [0.2, 0.25) is 0 Å². The van der Waals surface area contributed by atoms with Crippen molar-refractivity contribution in [1.29, 1.82) is 0 Å². The monoisotopic (exact) mass is 341 g/mol. The number of benzene rings is 2. The Hall–Kier alpha value is -1.46. The third-order valence-corrected chi connectivity index (χ3v) is 5.48. The Bertz CT molecular complexity index is 675. The van der Waals surface area contributed by atoms with Crippen molar-refractivity contribution in [2.24, 2.45) is 5.73 Å². The van der Waals surface area contributed by atoms with E-state index < -0.39 is 0 Å². The van der Waals surface area contributed by atoms with Gasteiger partial charge in [-0.1, -0.05) is 48.9 Å².